The summed E-state index contributed by atoms with van der Waals surface area (Å²) in [6.07, 6.45) is 2.06. The van der Waals surface area contributed by atoms with Crippen molar-refractivity contribution in [3.63, 3.8) is 0 Å². The van der Waals surface area contributed by atoms with Crippen LogP contribution in [0.3, 0.4) is 0 Å². The maximum atomic E-state index is 12.6. The monoisotopic (exact) mass is 391 g/mol. The van der Waals surface area contributed by atoms with Gasteiger partial charge < -0.3 is 4.74 Å². The second-order valence-corrected chi connectivity index (χ2v) is 7.21. The molecule has 144 valence electrons. The molecule has 0 saturated carbocycles. The van der Waals surface area contributed by atoms with Crippen LogP contribution in [0, 0.1) is 14.9 Å². The predicted octanol–water partition coefficient (Wildman–Crippen LogP) is 3.18. The highest BCUT2D eigenvalue weighted by Gasteiger charge is 2.21. The Morgan fingerprint density at radius 2 is 2.15 bits per heavy atom. The number of nitrogens with zero attached hydrogens (tertiary/aromatic N) is 4. The van der Waals surface area contributed by atoms with Gasteiger partial charge in [-0.15, -0.1) is 0 Å². The second-order valence-electron chi connectivity index (χ2n) is 6.82. The number of hydrogen-bond acceptors (Lipinski definition) is 7. The van der Waals surface area contributed by atoms with Gasteiger partial charge in [-0.05, 0) is 30.8 Å². The van der Waals surface area contributed by atoms with Crippen molar-refractivity contribution in [1.29, 1.82) is 0 Å². The van der Waals surface area contributed by atoms with E-state index < -0.39 is 15.9 Å². The van der Waals surface area contributed by atoms with Crippen molar-refractivity contribution in [2.24, 2.45) is 5.10 Å². The van der Waals surface area contributed by atoms with E-state index in [0.717, 1.165) is 11.1 Å². The molecule has 1 aromatic carbocycles. The number of nitro groups is 1. The summed E-state index contributed by atoms with van der Waals surface area (Å²) in [5.74, 6) is 0.187. The lowest BCUT2D eigenvalue weighted by molar-refractivity contribution is -0.385. The highest BCUT2D eigenvalue weighted by atomic mass is 32.1. The van der Waals surface area contributed by atoms with Gasteiger partial charge in [-0.2, -0.15) is 14.9 Å². The summed E-state index contributed by atoms with van der Waals surface area (Å²) in [7, 11) is 0. The van der Waals surface area contributed by atoms with Crippen LogP contribution >= 0.6 is 12.2 Å². The Hall–Kier alpha value is -2.88. The predicted molar refractivity (Wildman–Crippen MR) is 104 cm³/mol. The highest BCUT2D eigenvalue weighted by Crippen LogP contribution is 2.27. The van der Waals surface area contributed by atoms with E-state index in [9.17, 15) is 14.9 Å². The zero-order valence-corrected chi connectivity index (χ0v) is 16.4. The molecule has 2 aromatic rings. The fourth-order valence-corrected chi connectivity index (χ4v) is 2.38. The first-order valence-electron chi connectivity index (χ1n) is 8.33. The summed E-state index contributed by atoms with van der Waals surface area (Å²) in [5.41, 5.74) is -0.399. The molecule has 0 atom stereocenters. The Morgan fingerprint density at radius 1 is 1.44 bits per heavy atom. The van der Waals surface area contributed by atoms with E-state index in [1.54, 1.807) is 6.07 Å². The maximum Gasteiger partial charge on any atom is 0.311 e. The van der Waals surface area contributed by atoms with E-state index >= 15 is 0 Å². The van der Waals surface area contributed by atoms with Gasteiger partial charge in [0.15, 0.2) is 5.75 Å². The first-order chi connectivity index (χ1) is 12.6. The summed E-state index contributed by atoms with van der Waals surface area (Å²) in [6, 6.07) is 4.45. The van der Waals surface area contributed by atoms with Crippen LogP contribution in [0.4, 0.5) is 5.69 Å². The third kappa shape index (κ3) is 4.85. The van der Waals surface area contributed by atoms with Gasteiger partial charge >= 0.3 is 5.69 Å². The summed E-state index contributed by atoms with van der Waals surface area (Å²) >= 11 is 5.08. The minimum Gasteiger partial charge on any atom is -0.487 e. The number of ether oxygens (including phenoxy) is 1. The lowest BCUT2D eigenvalue weighted by Crippen LogP contribution is -2.32. The number of nitrogens with one attached hydrogen (secondary N) is 1. The first kappa shape index (κ1) is 20.4. The maximum absolute atomic E-state index is 12.6. The smallest absolute Gasteiger partial charge is 0.311 e. The lowest BCUT2D eigenvalue weighted by Gasteiger charge is -2.16. The average molecular weight is 391 g/mol. The zero-order valence-electron chi connectivity index (χ0n) is 15.6. The molecular formula is C17H21N5O4S. The van der Waals surface area contributed by atoms with Crippen molar-refractivity contribution < 1.29 is 9.66 Å². The summed E-state index contributed by atoms with van der Waals surface area (Å²) in [4.78, 5) is 23.3. The minimum absolute atomic E-state index is 0.0293. The van der Waals surface area contributed by atoms with E-state index in [2.05, 4.69) is 15.3 Å². The number of aromatic amines is 1. The molecule has 0 radical (unpaired) electrons. The Balaban J connectivity index is 2.44. The quantitative estimate of drug-likeness (QED) is 0.350. The topological polar surface area (TPSA) is 115 Å². The molecule has 2 rings (SSSR count). The first-order valence-corrected chi connectivity index (χ1v) is 8.73. The van der Waals surface area contributed by atoms with E-state index in [1.807, 2.05) is 27.7 Å². The molecule has 0 unspecified atom stereocenters. The van der Waals surface area contributed by atoms with Crippen LogP contribution in [-0.4, -0.2) is 32.6 Å². The molecule has 0 spiro atoms. The third-order valence-corrected chi connectivity index (χ3v) is 3.79. The molecule has 0 fully saturated rings. The van der Waals surface area contributed by atoms with Gasteiger partial charge in [0.05, 0.1) is 17.7 Å². The normalized spacial score (nSPS) is 11.7. The van der Waals surface area contributed by atoms with Gasteiger partial charge in [0.1, 0.15) is 5.69 Å². The fourth-order valence-electron chi connectivity index (χ4n) is 2.20. The molecule has 0 aliphatic heterocycles. The van der Waals surface area contributed by atoms with Gasteiger partial charge in [-0.3, -0.25) is 20.0 Å². The number of aromatic nitrogens is 3. The summed E-state index contributed by atoms with van der Waals surface area (Å²) < 4.78 is 6.42. The van der Waals surface area contributed by atoms with Crippen molar-refractivity contribution in [3.8, 4) is 5.75 Å². The number of rotatable bonds is 6. The lowest BCUT2D eigenvalue weighted by atomic mass is 9.93. The minimum atomic E-state index is -0.523. The fraction of sp³-hybridized carbons (Fsp3) is 0.412. The average Bonchev–Trinajstić information content (AvgIpc) is 2.58. The van der Waals surface area contributed by atoms with Crippen molar-refractivity contribution in [2.75, 3.05) is 6.61 Å². The molecular weight excluding hydrogens is 370 g/mol. The molecule has 1 heterocycles. The van der Waals surface area contributed by atoms with Crippen LogP contribution in [0.25, 0.3) is 0 Å². The molecule has 9 nitrogen and oxygen atoms in total. The van der Waals surface area contributed by atoms with Gasteiger partial charge in [-0.1, -0.05) is 27.7 Å². The Labute approximate surface area is 160 Å². The molecule has 0 aliphatic rings. The number of nitro benzene ring substituents is 1. The van der Waals surface area contributed by atoms with Crippen molar-refractivity contribution >= 4 is 24.1 Å². The van der Waals surface area contributed by atoms with Crippen LogP contribution in [0.1, 0.15) is 45.4 Å². The standard InChI is InChI=1S/C17H21N5O4S/c1-5-8-26-13-7-6-11(9-12(13)22(24)25)10-18-21-15(23)14(17(2,3)4)19-20-16(21)27/h6-7,9-10H,5,8H2,1-4H3,(H,20,27)/b18-10-. The van der Waals surface area contributed by atoms with Gasteiger partial charge in [0, 0.05) is 17.0 Å². The van der Waals surface area contributed by atoms with Crippen LogP contribution < -0.4 is 10.3 Å². The number of H-pyrrole nitrogens is 1. The zero-order chi connectivity index (χ0) is 20.2. The molecule has 27 heavy (non-hydrogen) atoms. The van der Waals surface area contributed by atoms with E-state index in [4.69, 9.17) is 17.0 Å². The number of benzene rings is 1. The van der Waals surface area contributed by atoms with Crippen LogP contribution in [0.5, 0.6) is 5.75 Å². The molecule has 1 N–H and O–H groups in total. The largest absolute Gasteiger partial charge is 0.487 e. The van der Waals surface area contributed by atoms with E-state index in [-0.39, 0.29) is 21.9 Å². The second kappa shape index (κ2) is 8.21. The van der Waals surface area contributed by atoms with Crippen LogP contribution in [0.2, 0.25) is 0 Å². The van der Waals surface area contributed by atoms with E-state index in [1.165, 1.54) is 18.3 Å². The van der Waals surface area contributed by atoms with Crippen molar-refractivity contribution in [1.82, 2.24) is 14.9 Å². The molecule has 0 saturated heterocycles. The molecule has 0 bridgehead atoms. The Bertz CT molecular complexity index is 988. The molecule has 10 heteroatoms. The highest BCUT2D eigenvalue weighted by molar-refractivity contribution is 7.71. The summed E-state index contributed by atoms with van der Waals surface area (Å²) in [5, 5.41) is 22.0. The van der Waals surface area contributed by atoms with Gasteiger partial charge in [0.25, 0.3) is 5.56 Å². The van der Waals surface area contributed by atoms with Gasteiger partial charge in [0.2, 0.25) is 4.77 Å². The Kier molecular flexibility index (Phi) is 6.21. The van der Waals surface area contributed by atoms with Gasteiger partial charge in [-0.25, -0.2) is 0 Å². The van der Waals surface area contributed by atoms with Crippen LogP contribution in [-0.2, 0) is 5.41 Å². The van der Waals surface area contributed by atoms with E-state index in [0.29, 0.717) is 12.2 Å². The molecule has 0 aliphatic carbocycles. The number of hydrogen-bond donors (Lipinski definition) is 1. The third-order valence-electron chi connectivity index (χ3n) is 3.52. The van der Waals surface area contributed by atoms with Crippen LogP contribution in [0.15, 0.2) is 28.1 Å². The van der Waals surface area contributed by atoms with Crippen molar-refractivity contribution in [2.45, 2.75) is 39.5 Å². The van der Waals surface area contributed by atoms with Crippen molar-refractivity contribution in [3.05, 3.63) is 54.7 Å². The summed E-state index contributed by atoms with van der Waals surface area (Å²) in [6.45, 7) is 7.83. The SMILES string of the molecule is CCCOc1ccc(/C=N\n2c(=S)[nH]nc(C(C)(C)C)c2=O)cc1[N+](=O)[O-]. The molecule has 1 aromatic heterocycles. The Morgan fingerprint density at radius 3 is 2.74 bits per heavy atom. The molecule has 0 amide bonds.